The number of rotatable bonds is 23. The Labute approximate surface area is 607 Å². The maximum atomic E-state index is 12.9. The summed E-state index contributed by atoms with van der Waals surface area (Å²) in [6.45, 7) is 31.1. The van der Waals surface area contributed by atoms with E-state index in [0.717, 1.165) is 81.0 Å². The van der Waals surface area contributed by atoms with Gasteiger partial charge in [-0.3, -0.25) is 0 Å². The third kappa shape index (κ3) is 20.0. The number of carbonyl (C=O) groups excluding carboxylic acids is 6. The highest BCUT2D eigenvalue weighted by Gasteiger charge is 2.60. The second-order valence-electron chi connectivity index (χ2n) is 34.3. The molecule has 0 N–H and O–H groups in total. The molecule has 10 aliphatic carbocycles. The number of ether oxygens (including phenoxy) is 6. The molecule has 14 rings (SSSR count). The van der Waals surface area contributed by atoms with Crippen LogP contribution in [0.4, 0.5) is 0 Å². The summed E-state index contributed by atoms with van der Waals surface area (Å²) in [6.07, 6.45) is 29.2. The lowest BCUT2D eigenvalue weighted by Crippen LogP contribution is -2.58. The molecule has 0 saturated heterocycles. The molecule has 0 aromatic heterocycles. The van der Waals surface area contributed by atoms with Crippen LogP contribution in [-0.2, 0) is 38.0 Å². The van der Waals surface area contributed by atoms with E-state index in [0.29, 0.717) is 69.6 Å². The Bertz CT molecular complexity index is 3300. The molecule has 4 unspecified atom stereocenters. The Morgan fingerprint density at radius 1 is 0.386 bits per heavy atom. The molecule has 12 heteroatoms. The zero-order valence-corrected chi connectivity index (χ0v) is 64.5. The molecular weight excluding hydrogens is 1260 g/mol. The molecule has 554 valence electrons. The van der Waals surface area contributed by atoms with Crippen LogP contribution in [0.15, 0.2) is 97.1 Å². The van der Waals surface area contributed by atoms with E-state index in [9.17, 15) is 28.8 Å². The van der Waals surface area contributed by atoms with Gasteiger partial charge < -0.3 is 28.4 Å². The molecule has 0 aliphatic heterocycles. The van der Waals surface area contributed by atoms with Gasteiger partial charge in [-0.1, -0.05) is 136 Å². The van der Waals surface area contributed by atoms with Crippen LogP contribution in [0, 0.1) is 58.7 Å². The third-order valence-electron chi connectivity index (χ3n) is 26.4. The summed E-state index contributed by atoms with van der Waals surface area (Å²) in [5.41, 5.74) is 5.86. The van der Waals surface area contributed by atoms with Crippen molar-refractivity contribution in [2.24, 2.45) is 58.7 Å². The minimum atomic E-state index is -0.512. The number of hydrogen-bond donors (Lipinski definition) is 0. The molecule has 10 saturated carbocycles. The minimum absolute atomic E-state index is 0.124. The van der Waals surface area contributed by atoms with Crippen molar-refractivity contribution in [2.75, 3.05) is 13.2 Å². The quantitative estimate of drug-likeness (QED) is 0.0512. The average molecular weight is 1390 g/mol. The summed E-state index contributed by atoms with van der Waals surface area (Å²) in [6, 6.07) is 30.9. The SMILES string of the molecule is CCC(C)c1ccc(C(=O)OC(C)(C)C23CC4CC(CC(C4)C2)C3)cc1.CCC(C)c1ccc(C(=O)OC2(C)C3CC4CC(C3)CC2C4)cc1.CCC(C)c1ccc(C(=O)OCC(=O)OC(C)(C)C2CCCC2)cc1.CCC(C)c1ccc(C(=O)OCC(=O)OC(C)(C)C2CCCCC2)cc1. The minimum Gasteiger partial charge on any atom is -0.457 e. The molecule has 0 heterocycles. The third-order valence-corrected chi connectivity index (χ3v) is 26.4. The molecule has 0 radical (unpaired) electrons. The first kappa shape index (κ1) is 78.8. The van der Waals surface area contributed by atoms with Gasteiger partial charge in [-0.05, 0) is 318 Å². The van der Waals surface area contributed by atoms with Gasteiger partial charge in [0.25, 0.3) is 0 Å². The van der Waals surface area contributed by atoms with E-state index in [2.05, 4.69) is 100 Å². The van der Waals surface area contributed by atoms with Crippen molar-refractivity contribution in [1.29, 1.82) is 0 Å². The lowest BCUT2D eigenvalue weighted by atomic mass is 9.46. The molecule has 12 nitrogen and oxygen atoms in total. The molecule has 8 bridgehead atoms. The van der Waals surface area contributed by atoms with Gasteiger partial charge in [0.15, 0.2) is 13.2 Å². The first-order chi connectivity index (χ1) is 48.0. The Kier molecular flexibility index (Phi) is 27.0. The van der Waals surface area contributed by atoms with Gasteiger partial charge >= 0.3 is 35.8 Å². The van der Waals surface area contributed by atoms with Gasteiger partial charge in [0.05, 0.1) is 22.3 Å². The molecule has 10 aliphatic rings. The highest BCUT2D eigenvalue weighted by molar-refractivity contribution is 5.92. The Morgan fingerprint density at radius 3 is 0.990 bits per heavy atom. The van der Waals surface area contributed by atoms with Crippen LogP contribution in [0.3, 0.4) is 0 Å². The van der Waals surface area contributed by atoms with E-state index in [1.807, 2.05) is 76.2 Å². The molecule has 4 aromatic carbocycles. The fraction of sp³-hybridized carbons (Fsp3) is 0.663. The average Bonchev–Trinajstić information content (AvgIpc) is 0.755. The molecule has 0 amide bonds. The Balaban J connectivity index is 0.000000157. The topological polar surface area (TPSA) is 158 Å². The Hall–Kier alpha value is -6.30. The van der Waals surface area contributed by atoms with Crippen LogP contribution < -0.4 is 0 Å². The van der Waals surface area contributed by atoms with Crippen LogP contribution in [0.25, 0.3) is 0 Å². The van der Waals surface area contributed by atoms with Crippen molar-refractivity contribution < 1.29 is 57.2 Å². The van der Waals surface area contributed by atoms with Gasteiger partial charge in [-0.2, -0.15) is 0 Å². The normalized spacial score (nSPS) is 26.2. The lowest BCUT2D eigenvalue weighted by molar-refractivity contribution is -0.167. The molecular formula is C89H126O12. The van der Waals surface area contributed by atoms with Gasteiger partial charge in [0, 0.05) is 5.41 Å². The summed E-state index contributed by atoms with van der Waals surface area (Å²) in [5, 5.41) is 0. The molecule has 4 atom stereocenters. The van der Waals surface area contributed by atoms with E-state index in [1.165, 1.54) is 125 Å². The summed E-state index contributed by atoms with van der Waals surface area (Å²) in [5.74, 6) is 6.09. The van der Waals surface area contributed by atoms with Crippen molar-refractivity contribution in [1.82, 2.24) is 0 Å². The maximum absolute atomic E-state index is 12.9. The summed E-state index contributed by atoms with van der Waals surface area (Å²) >= 11 is 0. The standard InChI is InChI=1S/C24H34O2.C22H32O4.C22H30O2.C21H30O4/c1-5-16(2)20-6-8-21(9-7-20)22(25)26-23(3,4)24-13-17-10-18(14-24)12-19(11-17)15-24;1-5-16(2)17-11-13-18(14-12-17)21(24)25-15-20(23)26-22(3,4)19-9-7-6-8-10-19;1-4-14(2)17-5-7-18(8-6-17)21(23)24-22(3)19-10-15-9-16(12-19)13-20(22)11-15;1-5-15(2)16-10-12-17(13-11-16)20(23)24-14-19(22)25-21(3,4)18-8-6-7-9-18/h6-9,16-19H,5,10-15H2,1-4H3;11-14,16,19H,5-10,15H2,1-4H3;5-8,14-16,19-20H,4,9-13H2,1-3H3;10-13,15,18H,5-9,14H2,1-4H3. The fourth-order valence-electron chi connectivity index (χ4n) is 19.2. The summed E-state index contributed by atoms with van der Waals surface area (Å²) in [7, 11) is 0. The van der Waals surface area contributed by atoms with E-state index in [4.69, 9.17) is 28.4 Å². The van der Waals surface area contributed by atoms with Crippen LogP contribution in [0.5, 0.6) is 0 Å². The van der Waals surface area contributed by atoms with Gasteiger partial charge in [-0.15, -0.1) is 0 Å². The number of hydrogen-bond acceptors (Lipinski definition) is 12. The number of benzene rings is 4. The summed E-state index contributed by atoms with van der Waals surface area (Å²) < 4.78 is 33.8. The van der Waals surface area contributed by atoms with Crippen LogP contribution >= 0.6 is 0 Å². The van der Waals surface area contributed by atoms with Crippen molar-refractivity contribution in [3.05, 3.63) is 142 Å². The largest absolute Gasteiger partial charge is 0.457 e. The van der Waals surface area contributed by atoms with E-state index >= 15 is 0 Å². The maximum Gasteiger partial charge on any atom is 0.344 e. The van der Waals surface area contributed by atoms with E-state index in [1.54, 1.807) is 24.3 Å². The molecule has 10 fully saturated rings. The first-order valence-corrected chi connectivity index (χ1v) is 39.6. The van der Waals surface area contributed by atoms with E-state index in [-0.39, 0.29) is 41.8 Å². The van der Waals surface area contributed by atoms with E-state index < -0.39 is 35.1 Å². The highest BCUT2D eigenvalue weighted by Crippen LogP contribution is 2.65. The van der Waals surface area contributed by atoms with Crippen molar-refractivity contribution in [2.45, 2.75) is 304 Å². The second kappa shape index (κ2) is 34.5. The Morgan fingerprint density at radius 2 is 0.673 bits per heavy atom. The van der Waals surface area contributed by atoms with Gasteiger partial charge in [-0.25, -0.2) is 28.8 Å². The predicted molar refractivity (Wildman–Crippen MR) is 401 cm³/mol. The fourth-order valence-corrected chi connectivity index (χ4v) is 19.2. The number of esters is 6. The predicted octanol–water partition coefficient (Wildman–Crippen LogP) is 22.1. The highest BCUT2D eigenvalue weighted by atomic mass is 16.6. The zero-order valence-electron chi connectivity index (χ0n) is 64.5. The molecule has 0 spiro atoms. The number of carbonyl (C=O) groups is 6. The second-order valence-corrected chi connectivity index (χ2v) is 34.3. The molecule has 101 heavy (non-hydrogen) atoms. The van der Waals surface area contributed by atoms with Crippen LogP contribution in [0.2, 0.25) is 0 Å². The van der Waals surface area contributed by atoms with Crippen LogP contribution in [0.1, 0.15) is 345 Å². The summed E-state index contributed by atoms with van der Waals surface area (Å²) in [4.78, 5) is 74.0. The smallest absolute Gasteiger partial charge is 0.344 e. The first-order valence-electron chi connectivity index (χ1n) is 39.6. The van der Waals surface area contributed by atoms with Crippen molar-refractivity contribution in [3.63, 3.8) is 0 Å². The lowest BCUT2D eigenvalue weighted by Gasteiger charge is -2.61. The monoisotopic (exact) mass is 1390 g/mol. The molecule has 4 aromatic rings. The van der Waals surface area contributed by atoms with Gasteiger partial charge in [0.1, 0.15) is 22.4 Å². The van der Waals surface area contributed by atoms with Crippen molar-refractivity contribution in [3.8, 4) is 0 Å². The zero-order chi connectivity index (χ0) is 73.0. The van der Waals surface area contributed by atoms with Crippen molar-refractivity contribution >= 4 is 35.8 Å². The van der Waals surface area contributed by atoms with Crippen LogP contribution in [-0.4, -0.2) is 71.4 Å². The van der Waals surface area contributed by atoms with Gasteiger partial charge in [0.2, 0.25) is 0 Å².